The molecule has 3 heteroatoms. The molecule has 1 aromatic rings. The minimum absolute atomic E-state index is 0.442. The first-order valence-corrected chi connectivity index (χ1v) is 10.3. The molecule has 0 aromatic heterocycles. The van der Waals surface area contributed by atoms with Gasteiger partial charge in [0.15, 0.2) is 0 Å². The maximum Gasteiger partial charge on any atom is 0.0631 e. The fraction of sp³-hybridized carbons (Fsp3) is 0.727. The minimum atomic E-state index is 0.442. The maximum atomic E-state index is 6.41. The SMILES string of the molecule is Cc1cccc(C[C@H]2CN(C3CCOCC3)CC[C@@H]2OCC2CC2)c1. The van der Waals surface area contributed by atoms with Gasteiger partial charge in [-0.25, -0.2) is 0 Å². The summed E-state index contributed by atoms with van der Waals surface area (Å²) in [7, 11) is 0. The molecule has 1 saturated carbocycles. The number of aryl methyl sites for hydroxylation is 1. The molecular formula is C22H33NO2. The van der Waals surface area contributed by atoms with Gasteiger partial charge in [0.25, 0.3) is 0 Å². The Labute approximate surface area is 152 Å². The van der Waals surface area contributed by atoms with Crippen LogP contribution in [0.1, 0.15) is 43.2 Å². The van der Waals surface area contributed by atoms with Crippen LogP contribution in [0, 0.1) is 18.8 Å². The molecule has 3 fully saturated rings. The lowest BCUT2D eigenvalue weighted by Gasteiger charge is -2.43. The quantitative estimate of drug-likeness (QED) is 0.783. The molecule has 0 spiro atoms. The van der Waals surface area contributed by atoms with Crippen LogP contribution in [0.2, 0.25) is 0 Å². The smallest absolute Gasteiger partial charge is 0.0631 e. The average Bonchev–Trinajstić information content (AvgIpc) is 3.46. The van der Waals surface area contributed by atoms with Gasteiger partial charge in [-0.1, -0.05) is 29.8 Å². The lowest BCUT2D eigenvalue weighted by Crippen LogP contribution is -2.50. The predicted molar refractivity (Wildman–Crippen MR) is 101 cm³/mol. The van der Waals surface area contributed by atoms with E-state index in [2.05, 4.69) is 36.1 Å². The molecule has 2 atom stereocenters. The van der Waals surface area contributed by atoms with Crippen molar-refractivity contribution in [2.45, 2.75) is 57.6 Å². The molecule has 1 aromatic carbocycles. The first-order chi connectivity index (χ1) is 12.3. The summed E-state index contributed by atoms with van der Waals surface area (Å²) >= 11 is 0. The normalized spacial score (nSPS) is 29.0. The van der Waals surface area contributed by atoms with Crippen LogP contribution in [-0.4, -0.2) is 50.0 Å². The summed E-state index contributed by atoms with van der Waals surface area (Å²) in [5.41, 5.74) is 2.84. The van der Waals surface area contributed by atoms with Gasteiger partial charge in [0, 0.05) is 44.9 Å². The van der Waals surface area contributed by atoms with Crippen LogP contribution in [0.15, 0.2) is 24.3 Å². The standard InChI is InChI=1S/C22H33NO2/c1-17-3-2-4-19(13-17)14-20-15-23(21-8-11-24-12-9-21)10-7-22(20)25-16-18-5-6-18/h2-4,13,18,20-22H,5-12,14-16H2,1H3/t20-,22-/m0/s1. The van der Waals surface area contributed by atoms with Gasteiger partial charge < -0.3 is 9.47 Å². The third-order valence-corrected chi connectivity index (χ3v) is 6.23. The van der Waals surface area contributed by atoms with Crippen LogP contribution in [0.25, 0.3) is 0 Å². The molecule has 138 valence electrons. The van der Waals surface area contributed by atoms with Crippen molar-refractivity contribution in [2.24, 2.45) is 11.8 Å². The van der Waals surface area contributed by atoms with E-state index in [9.17, 15) is 0 Å². The number of ether oxygens (including phenoxy) is 2. The van der Waals surface area contributed by atoms with Gasteiger partial charge >= 0.3 is 0 Å². The molecule has 2 aliphatic heterocycles. The fourth-order valence-corrected chi connectivity index (χ4v) is 4.52. The Bertz CT molecular complexity index is 551. The van der Waals surface area contributed by atoms with E-state index in [1.807, 2.05) is 0 Å². The monoisotopic (exact) mass is 343 g/mol. The van der Waals surface area contributed by atoms with Crippen LogP contribution < -0.4 is 0 Å². The highest BCUT2D eigenvalue weighted by molar-refractivity contribution is 5.23. The van der Waals surface area contributed by atoms with E-state index in [0.717, 1.165) is 38.2 Å². The van der Waals surface area contributed by atoms with Gasteiger partial charge in [0.2, 0.25) is 0 Å². The maximum absolute atomic E-state index is 6.41. The molecule has 2 saturated heterocycles. The van der Waals surface area contributed by atoms with E-state index < -0.39 is 0 Å². The summed E-state index contributed by atoms with van der Waals surface area (Å²) in [5.74, 6) is 1.48. The van der Waals surface area contributed by atoms with Crippen LogP contribution >= 0.6 is 0 Å². The van der Waals surface area contributed by atoms with Crippen molar-refractivity contribution in [1.82, 2.24) is 4.90 Å². The Morgan fingerprint density at radius 3 is 2.72 bits per heavy atom. The van der Waals surface area contributed by atoms with Gasteiger partial charge in [-0.15, -0.1) is 0 Å². The van der Waals surface area contributed by atoms with E-state index in [4.69, 9.17) is 9.47 Å². The second-order valence-electron chi connectivity index (χ2n) is 8.40. The molecule has 0 radical (unpaired) electrons. The highest BCUT2D eigenvalue weighted by Crippen LogP contribution is 2.32. The minimum Gasteiger partial charge on any atom is -0.381 e. The molecule has 0 bridgehead atoms. The van der Waals surface area contributed by atoms with Crippen molar-refractivity contribution in [3.63, 3.8) is 0 Å². The largest absolute Gasteiger partial charge is 0.381 e. The predicted octanol–water partition coefficient (Wildman–Crippen LogP) is 3.83. The highest BCUT2D eigenvalue weighted by Gasteiger charge is 2.35. The van der Waals surface area contributed by atoms with Crippen molar-refractivity contribution in [3.05, 3.63) is 35.4 Å². The van der Waals surface area contributed by atoms with Crippen molar-refractivity contribution >= 4 is 0 Å². The zero-order valence-corrected chi connectivity index (χ0v) is 15.7. The first-order valence-electron chi connectivity index (χ1n) is 10.3. The lowest BCUT2D eigenvalue weighted by atomic mass is 9.86. The molecular weight excluding hydrogens is 310 g/mol. The third-order valence-electron chi connectivity index (χ3n) is 6.23. The van der Waals surface area contributed by atoms with Crippen molar-refractivity contribution in [3.8, 4) is 0 Å². The van der Waals surface area contributed by atoms with Crippen LogP contribution in [0.3, 0.4) is 0 Å². The van der Waals surface area contributed by atoms with Gasteiger partial charge in [-0.05, 0) is 56.9 Å². The van der Waals surface area contributed by atoms with Gasteiger partial charge in [0.05, 0.1) is 6.10 Å². The second-order valence-corrected chi connectivity index (χ2v) is 8.40. The van der Waals surface area contributed by atoms with E-state index in [0.29, 0.717) is 12.0 Å². The van der Waals surface area contributed by atoms with Crippen LogP contribution in [0.5, 0.6) is 0 Å². The lowest BCUT2D eigenvalue weighted by molar-refractivity contribution is -0.0583. The Morgan fingerprint density at radius 1 is 1.12 bits per heavy atom. The number of benzene rings is 1. The van der Waals surface area contributed by atoms with Crippen molar-refractivity contribution in [2.75, 3.05) is 32.9 Å². The summed E-state index contributed by atoms with van der Waals surface area (Å²) in [6.07, 6.45) is 7.94. The van der Waals surface area contributed by atoms with E-state index in [1.165, 1.54) is 56.3 Å². The summed E-state index contributed by atoms with van der Waals surface area (Å²) in [5, 5.41) is 0. The Hall–Kier alpha value is -0.900. The summed E-state index contributed by atoms with van der Waals surface area (Å²) in [6, 6.07) is 9.76. The van der Waals surface area contributed by atoms with Crippen molar-refractivity contribution in [1.29, 1.82) is 0 Å². The fourth-order valence-electron chi connectivity index (χ4n) is 4.52. The number of nitrogens with zero attached hydrogens (tertiary/aromatic N) is 1. The Morgan fingerprint density at radius 2 is 1.96 bits per heavy atom. The Balaban J connectivity index is 1.41. The molecule has 0 amide bonds. The van der Waals surface area contributed by atoms with Crippen molar-refractivity contribution < 1.29 is 9.47 Å². The number of piperidine rings is 1. The molecule has 3 aliphatic rings. The van der Waals surface area contributed by atoms with Gasteiger partial charge in [-0.3, -0.25) is 4.90 Å². The second kappa shape index (κ2) is 8.20. The molecule has 3 nitrogen and oxygen atoms in total. The molecule has 25 heavy (non-hydrogen) atoms. The number of hydrogen-bond donors (Lipinski definition) is 0. The summed E-state index contributed by atoms with van der Waals surface area (Å²) < 4.78 is 12.0. The summed E-state index contributed by atoms with van der Waals surface area (Å²) in [6.45, 7) is 7.45. The zero-order valence-electron chi connectivity index (χ0n) is 15.7. The number of rotatable bonds is 6. The van der Waals surface area contributed by atoms with E-state index in [1.54, 1.807) is 0 Å². The molecule has 4 rings (SSSR count). The third kappa shape index (κ3) is 4.84. The highest BCUT2D eigenvalue weighted by atomic mass is 16.5. The molecule has 1 aliphatic carbocycles. The average molecular weight is 344 g/mol. The Kier molecular flexibility index (Phi) is 5.74. The number of likely N-dealkylation sites (tertiary alicyclic amines) is 1. The molecule has 2 heterocycles. The van der Waals surface area contributed by atoms with E-state index in [-0.39, 0.29) is 0 Å². The zero-order chi connectivity index (χ0) is 17.1. The number of hydrogen-bond acceptors (Lipinski definition) is 3. The van der Waals surface area contributed by atoms with Gasteiger partial charge in [0.1, 0.15) is 0 Å². The van der Waals surface area contributed by atoms with Crippen LogP contribution in [-0.2, 0) is 15.9 Å². The van der Waals surface area contributed by atoms with Crippen LogP contribution in [0.4, 0.5) is 0 Å². The van der Waals surface area contributed by atoms with E-state index >= 15 is 0 Å². The van der Waals surface area contributed by atoms with Gasteiger partial charge in [-0.2, -0.15) is 0 Å². The molecule has 0 unspecified atom stereocenters. The topological polar surface area (TPSA) is 21.7 Å². The summed E-state index contributed by atoms with van der Waals surface area (Å²) in [4.78, 5) is 2.74. The first kappa shape index (κ1) is 17.5. The molecule has 0 N–H and O–H groups in total.